The maximum Gasteiger partial charge on any atom is 0.169 e. The fraction of sp³-hybridized carbons (Fsp3) is 0.750. The van der Waals surface area contributed by atoms with Crippen LogP contribution in [0.4, 0.5) is 0 Å². The average molecular weight is 208 g/mol. The number of piperidine rings is 1. The minimum absolute atomic E-state index is 0.151. The summed E-state index contributed by atoms with van der Waals surface area (Å²) in [6, 6.07) is 0. The summed E-state index contributed by atoms with van der Waals surface area (Å²) in [5.74, 6) is 0.151. The van der Waals surface area contributed by atoms with Crippen molar-refractivity contribution in [3.63, 3.8) is 0 Å². The van der Waals surface area contributed by atoms with Crippen LogP contribution >= 0.6 is 0 Å². The van der Waals surface area contributed by atoms with E-state index in [9.17, 15) is 4.79 Å². The van der Waals surface area contributed by atoms with Gasteiger partial charge in [-0.25, -0.2) is 0 Å². The van der Waals surface area contributed by atoms with Gasteiger partial charge in [0.1, 0.15) is 0 Å². The average Bonchev–Trinajstić information content (AvgIpc) is 2.19. The summed E-state index contributed by atoms with van der Waals surface area (Å²) in [7, 11) is 2.19. The lowest BCUT2D eigenvalue weighted by Gasteiger charge is -2.53. The maximum atomic E-state index is 11.2. The van der Waals surface area contributed by atoms with E-state index in [0.717, 1.165) is 13.1 Å². The number of carbonyl (C=O) groups excluding carboxylic acids is 1. The Kier molecular flexibility index (Phi) is 2.94. The molecule has 0 aliphatic carbocycles. The third-order valence-corrected chi connectivity index (χ3v) is 3.77. The molecule has 2 rings (SSSR count). The molecule has 0 aromatic rings. The van der Waals surface area contributed by atoms with Crippen molar-refractivity contribution in [2.24, 2.45) is 5.41 Å². The topological polar surface area (TPSA) is 23.6 Å². The lowest BCUT2D eigenvalue weighted by molar-refractivity contribution is -0.120. The quantitative estimate of drug-likeness (QED) is 0.640. The third kappa shape index (κ3) is 2.29. The van der Waals surface area contributed by atoms with Crippen molar-refractivity contribution >= 4 is 5.78 Å². The van der Waals surface area contributed by atoms with Gasteiger partial charge >= 0.3 is 0 Å². The Hall–Kier alpha value is -0.670. The van der Waals surface area contributed by atoms with Gasteiger partial charge in [-0.2, -0.15) is 0 Å². The van der Waals surface area contributed by atoms with Crippen molar-refractivity contribution in [3.05, 3.63) is 12.7 Å². The van der Waals surface area contributed by atoms with Crippen molar-refractivity contribution in [2.75, 3.05) is 39.8 Å². The molecule has 3 nitrogen and oxygen atoms in total. The molecule has 84 valence electrons. The first kappa shape index (κ1) is 10.8. The zero-order valence-electron chi connectivity index (χ0n) is 9.54. The molecular weight excluding hydrogens is 188 g/mol. The molecule has 0 radical (unpaired) electrons. The lowest BCUT2D eigenvalue weighted by Crippen LogP contribution is -2.60. The van der Waals surface area contributed by atoms with Crippen LogP contribution in [0.3, 0.4) is 0 Å². The fourth-order valence-corrected chi connectivity index (χ4v) is 2.71. The Morgan fingerprint density at radius 2 is 2.00 bits per heavy atom. The predicted molar refractivity (Wildman–Crippen MR) is 60.8 cm³/mol. The third-order valence-electron chi connectivity index (χ3n) is 3.77. The van der Waals surface area contributed by atoms with Crippen LogP contribution in [0.25, 0.3) is 0 Å². The summed E-state index contributed by atoms with van der Waals surface area (Å²) in [4.78, 5) is 15.8. The van der Waals surface area contributed by atoms with Crippen LogP contribution in [0, 0.1) is 5.41 Å². The first-order chi connectivity index (χ1) is 7.13. The molecule has 0 N–H and O–H groups in total. The molecule has 0 amide bonds. The van der Waals surface area contributed by atoms with Gasteiger partial charge in [0.05, 0.1) is 6.54 Å². The molecule has 0 saturated carbocycles. The zero-order chi connectivity index (χ0) is 10.9. The summed E-state index contributed by atoms with van der Waals surface area (Å²) in [5, 5.41) is 0. The molecule has 0 aromatic carbocycles. The van der Waals surface area contributed by atoms with Crippen LogP contribution in [0.5, 0.6) is 0 Å². The normalized spacial score (nSPS) is 26.2. The number of ketones is 1. The van der Waals surface area contributed by atoms with Crippen molar-refractivity contribution < 1.29 is 4.79 Å². The first-order valence-electron chi connectivity index (χ1n) is 5.70. The van der Waals surface area contributed by atoms with E-state index < -0.39 is 0 Å². The molecular formula is C12H20N2O. The number of likely N-dealkylation sites (tertiary alicyclic amines) is 2. The van der Waals surface area contributed by atoms with Crippen LogP contribution in [0.2, 0.25) is 0 Å². The second-order valence-corrected chi connectivity index (χ2v) is 5.12. The molecule has 2 saturated heterocycles. The number of carbonyl (C=O) groups is 1. The van der Waals surface area contributed by atoms with Crippen molar-refractivity contribution in [1.82, 2.24) is 9.80 Å². The Labute approximate surface area is 91.7 Å². The number of hydrogen-bond donors (Lipinski definition) is 0. The largest absolute Gasteiger partial charge is 0.306 e. The second kappa shape index (κ2) is 4.06. The highest BCUT2D eigenvalue weighted by atomic mass is 16.1. The van der Waals surface area contributed by atoms with Gasteiger partial charge < -0.3 is 4.90 Å². The molecule has 0 bridgehead atoms. The van der Waals surface area contributed by atoms with Gasteiger partial charge in [0.25, 0.3) is 0 Å². The van der Waals surface area contributed by atoms with E-state index in [1.54, 1.807) is 0 Å². The van der Waals surface area contributed by atoms with Crippen LogP contribution in [0.15, 0.2) is 12.7 Å². The molecule has 15 heavy (non-hydrogen) atoms. The standard InChI is InChI=1S/C12H20N2O/c1-3-11(15)8-14-9-12(10-14)4-6-13(2)7-5-12/h3H,1,4-10H2,2H3. The molecule has 0 unspecified atom stereocenters. The predicted octanol–water partition coefficient (Wildman–Crippen LogP) is 0.769. The van der Waals surface area contributed by atoms with Crippen LogP contribution in [0.1, 0.15) is 12.8 Å². The smallest absolute Gasteiger partial charge is 0.169 e. The molecule has 3 heteroatoms. The van der Waals surface area contributed by atoms with Crippen molar-refractivity contribution in [3.8, 4) is 0 Å². The van der Waals surface area contributed by atoms with Gasteiger partial charge in [-0.1, -0.05) is 6.58 Å². The van der Waals surface area contributed by atoms with E-state index in [1.165, 1.54) is 32.0 Å². The van der Waals surface area contributed by atoms with Gasteiger partial charge in [0, 0.05) is 13.1 Å². The van der Waals surface area contributed by atoms with E-state index in [0.29, 0.717) is 12.0 Å². The van der Waals surface area contributed by atoms with Crippen LogP contribution < -0.4 is 0 Å². The van der Waals surface area contributed by atoms with E-state index in [-0.39, 0.29) is 5.78 Å². The van der Waals surface area contributed by atoms with Gasteiger partial charge in [0.2, 0.25) is 0 Å². The van der Waals surface area contributed by atoms with E-state index >= 15 is 0 Å². The van der Waals surface area contributed by atoms with Crippen LogP contribution in [-0.4, -0.2) is 55.4 Å². The number of nitrogens with zero attached hydrogens (tertiary/aromatic N) is 2. The Morgan fingerprint density at radius 1 is 1.40 bits per heavy atom. The summed E-state index contributed by atoms with van der Waals surface area (Å²) < 4.78 is 0. The van der Waals surface area contributed by atoms with E-state index in [2.05, 4.69) is 23.4 Å². The first-order valence-corrected chi connectivity index (χ1v) is 5.70. The lowest BCUT2D eigenvalue weighted by atomic mass is 9.72. The highest BCUT2D eigenvalue weighted by Crippen LogP contribution is 2.39. The van der Waals surface area contributed by atoms with Crippen LogP contribution in [-0.2, 0) is 4.79 Å². The Bertz CT molecular complexity index is 259. The summed E-state index contributed by atoms with van der Waals surface area (Å²) in [5.41, 5.74) is 0.536. The zero-order valence-corrected chi connectivity index (χ0v) is 9.54. The van der Waals surface area contributed by atoms with Gasteiger partial charge in [-0.3, -0.25) is 9.69 Å². The maximum absolute atomic E-state index is 11.2. The monoisotopic (exact) mass is 208 g/mol. The highest BCUT2D eigenvalue weighted by molar-refractivity contribution is 5.90. The molecule has 2 heterocycles. The number of hydrogen-bond acceptors (Lipinski definition) is 3. The minimum atomic E-state index is 0.151. The summed E-state index contributed by atoms with van der Waals surface area (Å²) >= 11 is 0. The van der Waals surface area contributed by atoms with Crippen molar-refractivity contribution in [2.45, 2.75) is 12.8 Å². The second-order valence-electron chi connectivity index (χ2n) is 5.12. The Balaban J connectivity index is 1.77. The number of rotatable bonds is 3. The van der Waals surface area contributed by atoms with Gasteiger partial charge in [-0.05, 0) is 44.5 Å². The summed E-state index contributed by atoms with van der Waals surface area (Å²) in [6.45, 7) is 8.72. The summed E-state index contributed by atoms with van der Waals surface area (Å²) in [6.07, 6.45) is 4.02. The SMILES string of the molecule is C=CC(=O)CN1CC2(CCN(C)CC2)C1. The van der Waals surface area contributed by atoms with Gasteiger partial charge in [-0.15, -0.1) is 0 Å². The van der Waals surface area contributed by atoms with E-state index in [1.807, 2.05) is 0 Å². The Morgan fingerprint density at radius 3 is 2.53 bits per heavy atom. The molecule has 0 atom stereocenters. The minimum Gasteiger partial charge on any atom is -0.306 e. The fourth-order valence-electron chi connectivity index (χ4n) is 2.71. The molecule has 0 aromatic heterocycles. The molecule has 2 aliphatic heterocycles. The molecule has 2 aliphatic rings. The van der Waals surface area contributed by atoms with Crippen molar-refractivity contribution in [1.29, 1.82) is 0 Å². The van der Waals surface area contributed by atoms with Gasteiger partial charge in [0.15, 0.2) is 5.78 Å². The molecule has 2 fully saturated rings. The highest BCUT2D eigenvalue weighted by Gasteiger charge is 2.44. The van der Waals surface area contributed by atoms with E-state index in [4.69, 9.17) is 0 Å². The molecule has 1 spiro atoms.